The first kappa shape index (κ1) is 48.1. The molecule has 0 aliphatic heterocycles. The SMILES string of the molecule is N#Cc1c(-n2c3ccccc3c3cc(-c4ccccc4)ccc32)c(-n2c3ccccc3c3ccc4oc5ccccc5c4c32)c(-n2c3ccccc3c3cc(-c4ccccc4)ccc32)c(C#N)c1-n1c2ccccc2c2ccc3oc4ccccc4c3c21. The molecular formula is C80H44N6O2. The molecule has 0 unspecified atom stereocenters. The van der Waals surface area contributed by atoms with E-state index in [0.717, 1.165) is 148 Å². The average Bonchev–Trinajstić information content (AvgIpc) is 1.44. The lowest BCUT2D eigenvalue weighted by Crippen LogP contribution is -2.17. The van der Waals surface area contributed by atoms with Crippen LogP contribution in [0, 0.1) is 22.7 Å². The van der Waals surface area contributed by atoms with E-state index in [0.29, 0.717) is 39.5 Å². The number of fused-ring (bicyclic) bond motifs is 20. The molecule has 13 aromatic carbocycles. The molecule has 6 heterocycles. The van der Waals surface area contributed by atoms with Gasteiger partial charge in [0, 0.05) is 53.9 Å². The van der Waals surface area contributed by atoms with Crippen LogP contribution in [0.25, 0.3) is 176 Å². The summed E-state index contributed by atoms with van der Waals surface area (Å²) in [4.78, 5) is 0. The molecule has 19 aromatic rings. The van der Waals surface area contributed by atoms with Gasteiger partial charge in [-0.1, -0.05) is 182 Å². The van der Waals surface area contributed by atoms with Gasteiger partial charge in [-0.25, -0.2) is 0 Å². The van der Waals surface area contributed by atoms with Crippen molar-refractivity contribution in [2.24, 2.45) is 0 Å². The van der Waals surface area contributed by atoms with Crippen LogP contribution < -0.4 is 0 Å². The highest BCUT2D eigenvalue weighted by molar-refractivity contribution is 6.27. The number of nitrogens with zero attached hydrogens (tertiary/aromatic N) is 6. The van der Waals surface area contributed by atoms with E-state index >= 15 is 0 Å². The fraction of sp³-hybridized carbons (Fsp3) is 0. The van der Waals surface area contributed by atoms with Gasteiger partial charge in [0.1, 0.15) is 45.6 Å². The lowest BCUT2D eigenvalue weighted by molar-refractivity contribution is 0.669. The largest absolute Gasteiger partial charge is 0.456 e. The fourth-order valence-electron chi connectivity index (χ4n) is 14.8. The monoisotopic (exact) mass is 1120 g/mol. The van der Waals surface area contributed by atoms with Crippen LogP contribution in [-0.4, -0.2) is 18.3 Å². The van der Waals surface area contributed by atoms with E-state index in [1.54, 1.807) is 0 Å². The second-order valence-corrected chi connectivity index (χ2v) is 22.8. The van der Waals surface area contributed by atoms with Crippen molar-refractivity contribution in [3.05, 3.63) is 278 Å². The lowest BCUT2D eigenvalue weighted by atomic mass is 9.98. The summed E-state index contributed by atoms with van der Waals surface area (Å²) in [7, 11) is 0. The van der Waals surface area contributed by atoms with Gasteiger partial charge in [-0.15, -0.1) is 0 Å². The molecular weight excluding hydrogens is 1080 g/mol. The smallest absolute Gasteiger partial charge is 0.137 e. The number of hydrogen-bond acceptors (Lipinski definition) is 4. The molecule has 0 saturated carbocycles. The molecule has 0 atom stereocenters. The van der Waals surface area contributed by atoms with Gasteiger partial charge in [-0.2, -0.15) is 10.5 Å². The highest BCUT2D eigenvalue weighted by atomic mass is 16.3. The first-order valence-electron chi connectivity index (χ1n) is 29.5. The number of aromatic nitrogens is 4. The molecule has 0 amide bonds. The Kier molecular flexibility index (Phi) is 9.87. The highest BCUT2D eigenvalue weighted by Gasteiger charge is 2.36. The number of nitriles is 2. The lowest BCUT2D eigenvalue weighted by Gasteiger charge is -2.27. The third-order valence-electron chi connectivity index (χ3n) is 18.4. The summed E-state index contributed by atoms with van der Waals surface area (Å²) in [6.45, 7) is 0. The second-order valence-electron chi connectivity index (χ2n) is 22.8. The fourth-order valence-corrected chi connectivity index (χ4v) is 14.8. The molecule has 0 N–H and O–H groups in total. The van der Waals surface area contributed by atoms with Crippen molar-refractivity contribution in [3.63, 3.8) is 0 Å². The van der Waals surface area contributed by atoms with E-state index in [-0.39, 0.29) is 0 Å². The molecule has 0 radical (unpaired) electrons. The van der Waals surface area contributed by atoms with Crippen LogP contribution in [0.5, 0.6) is 0 Å². The Morgan fingerprint density at radius 1 is 0.239 bits per heavy atom. The number of rotatable bonds is 6. The summed E-state index contributed by atoms with van der Waals surface area (Å²) in [5.41, 5.74) is 17.1. The average molecular weight is 1120 g/mol. The predicted molar refractivity (Wildman–Crippen MR) is 359 cm³/mol. The molecule has 0 aliphatic rings. The summed E-state index contributed by atoms with van der Waals surface area (Å²) in [5, 5.41) is 37.7. The number of furan rings is 2. The third kappa shape index (κ3) is 6.44. The van der Waals surface area contributed by atoms with E-state index in [2.05, 4.69) is 249 Å². The first-order valence-corrected chi connectivity index (χ1v) is 29.5. The van der Waals surface area contributed by atoms with Crippen LogP contribution in [0.15, 0.2) is 276 Å². The van der Waals surface area contributed by atoms with Gasteiger partial charge >= 0.3 is 0 Å². The summed E-state index contributed by atoms with van der Waals surface area (Å²) in [5.74, 6) is 0. The van der Waals surface area contributed by atoms with Crippen LogP contribution in [-0.2, 0) is 0 Å². The van der Waals surface area contributed by atoms with Gasteiger partial charge in [0.2, 0.25) is 0 Å². The van der Waals surface area contributed by atoms with Crippen molar-refractivity contribution < 1.29 is 8.83 Å². The maximum absolute atomic E-state index is 13.0. The molecule has 0 bridgehead atoms. The third-order valence-corrected chi connectivity index (χ3v) is 18.4. The molecule has 0 spiro atoms. The van der Waals surface area contributed by atoms with Crippen molar-refractivity contribution in [1.82, 2.24) is 18.3 Å². The van der Waals surface area contributed by atoms with E-state index in [1.807, 2.05) is 48.5 Å². The first-order chi connectivity index (χ1) is 43.6. The zero-order chi connectivity index (χ0) is 57.9. The van der Waals surface area contributed by atoms with Crippen molar-refractivity contribution in [2.45, 2.75) is 0 Å². The van der Waals surface area contributed by atoms with E-state index in [4.69, 9.17) is 8.83 Å². The van der Waals surface area contributed by atoms with E-state index in [9.17, 15) is 10.5 Å². The van der Waals surface area contributed by atoms with Gasteiger partial charge in [0.15, 0.2) is 0 Å². The molecule has 8 heteroatoms. The Bertz CT molecular complexity index is 6130. The second kappa shape index (κ2) is 18.1. The highest BCUT2D eigenvalue weighted by Crippen LogP contribution is 2.52. The van der Waals surface area contributed by atoms with Crippen LogP contribution >= 0.6 is 0 Å². The molecule has 6 aromatic heterocycles. The van der Waals surface area contributed by atoms with Crippen LogP contribution in [0.1, 0.15) is 11.1 Å². The Labute approximate surface area is 501 Å². The zero-order valence-electron chi connectivity index (χ0n) is 46.9. The Morgan fingerprint density at radius 3 is 1.00 bits per heavy atom. The molecule has 406 valence electrons. The zero-order valence-corrected chi connectivity index (χ0v) is 46.9. The standard InChI is InChI=1S/C80H44N6O2/c81-45-61-75(85-65-31-15-7-23-51(65)55-37-41-71-73(76(55)85)57-27-11-17-33-69(57)87-71)62(46-82)79(84-64-30-14-10-26-54(64)60-44-50(36-40-68(60)84)48-21-5-2-6-22-48)80(78(61)83-63-29-13-9-25-53(63)59-43-49(35-39-67(59)83)47-19-3-1-4-20-47)86-66-32-16-8-24-52(66)56-38-42-72-74(77(56)86)58-28-12-18-34-70(58)88-72/h1-44H. The van der Waals surface area contributed by atoms with Crippen LogP contribution in [0.3, 0.4) is 0 Å². The van der Waals surface area contributed by atoms with Gasteiger partial charge in [0.05, 0.1) is 77.7 Å². The van der Waals surface area contributed by atoms with Crippen LogP contribution in [0.2, 0.25) is 0 Å². The van der Waals surface area contributed by atoms with E-state index < -0.39 is 0 Å². The Balaban J connectivity index is 1.12. The predicted octanol–water partition coefficient (Wildman–Crippen LogP) is 21.0. The normalized spacial score (nSPS) is 12.1. The van der Waals surface area contributed by atoms with Gasteiger partial charge in [0.25, 0.3) is 0 Å². The molecule has 0 aliphatic carbocycles. The van der Waals surface area contributed by atoms with Crippen molar-refractivity contribution in [1.29, 1.82) is 10.5 Å². The number of benzene rings is 13. The van der Waals surface area contributed by atoms with Crippen LogP contribution in [0.4, 0.5) is 0 Å². The number of hydrogen-bond donors (Lipinski definition) is 0. The summed E-state index contributed by atoms with van der Waals surface area (Å²) >= 11 is 0. The van der Waals surface area contributed by atoms with Gasteiger partial charge in [-0.05, 0) is 107 Å². The number of para-hydroxylation sites is 6. The molecule has 0 fully saturated rings. The minimum Gasteiger partial charge on any atom is -0.456 e. The maximum Gasteiger partial charge on any atom is 0.137 e. The van der Waals surface area contributed by atoms with Crippen molar-refractivity contribution in [2.75, 3.05) is 0 Å². The summed E-state index contributed by atoms with van der Waals surface area (Å²) in [6.07, 6.45) is 0. The molecule has 0 saturated heterocycles. The summed E-state index contributed by atoms with van der Waals surface area (Å²) in [6, 6.07) is 99.0. The molecule has 8 nitrogen and oxygen atoms in total. The van der Waals surface area contributed by atoms with Gasteiger partial charge in [-0.3, -0.25) is 0 Å². The minimum atomic E-state index is 0.305. The molecule has 88 heavy (non-hydrogen) atoms. The quantitative estimate of drug-likeness (QED) is 0.166. The van der Waals surface area contributed by atoms with E-state index in [1.165, 1.54) is 0 Å². The van der Waals surface area contributed by atoms with Gasteiger partial charge < -0.3 is 27.1 Å². The topological polar surface area (TPSA) is 93.6 Å². The summed E-state index contributed by atoms with van der Waals surface area (Å²) < 4.78 is 22.8. The maximum atomic E-state index is 13.0. The Morgan fingerprint density at radius 2 is 0.580 bits per heavy atom. The Hall–Kier alpha value is -12.4. The minimum absolute atomic E-state index is 0.305. The van der Waals surface area contributed by atoms with Crippen molar-refractivity contribution in [3.8, 4) is 57.1 Å². The molecule has 19 rings (SSSR count). The van der Waals surface area contributed by atoms with Crippen molar-refractivity contribution >= 4 is 131 Å².